The number of benzene rings is 2. The molecule has 0 aliphatic carbocycles. The van der Waals surface area contributed by atoms with Crippen LogP contribution in [0.15, 0.2) is 53.4 Å². The molecule has 2 saturated heterocycles. The van der Waals surface area contributed by atoms with Gasteiger partial charge in [-0.1, -0.05) is 36.4 Å². The Kier molecular flexibility index (Phi) is 8.06. The van der Waals surface area contributed by atoms with Gasteiger partial charge in [0.25, 0.3) is 0 Å². The SMILES string of the molecule is CCOC(=O)C1CCN(S(=O)(=O)c2ccc(-c3ccc(CCN4CCCC4C)cc3)cc2)CC1. The summed E-state index contributed by atoms with van der Waals surface area (Å²) in [5, 5.41) is 0. The second-order valence-corrected chi connectivity index (χ2v) is 11.4. The second-order valence-electron chi connectivity index (χ2n) is 9.43. The van der Waals surface area contributed by atoms with E-state index in [2.05, 4.69) is 36.1 Å². The third-order valence-electron chi connectivity index (χ3n) is 7.23. The van der Waals surface area contributed by atoms with Crippen LogP contribution >= 0.6 is 0 Å². The van der Waals surface area contributed by atoms with Crippen molar-refractivity contribution in [3.05, 3.63) is 54.1 Å². The first-order chi connectivity index (χ1) is 16.4. The fourth-order valence-electron chi connectivity index (χ4n) is 5.02. The number of esters is 1. The van der Waals surface area contributed by atoms with Crippen LogP contribution in [-0.2, 0) is 26.0 Å². The summed E-state index contributed by atoms with van der Waals surface area (Å²) in [6, 6.07) is 16.4. The summed E-state index contributed by atoms with van der Waals surface area (Å²) in [7, 11) is -3.57. The van der Waals surface area contributed by atoms with Crippen LogP contribution in [0.4, 0.5) is 0 Å². The maximum absolute atomic E-state index is 13.1. The number of nitrogens with zero attached hydrogens (tertiary/aromatic N) is 2. The molecule has 2 heterocycles. The first-order valence-electron chi connectivity index (χ1n) is 12.5. The predicted molar refractivity (Wildman–Crippen MR) is 134 cm³/mol. The number of hydrogen-bond donors (Lipinski definition) is 0. The molecule has 2 aliphatic heterocycles. The van der Waals surface area contributed by atoms with E-state index in [1.165, 1.54) is 29.3 Å². The van der Waals surface area contributed by atoms with E-state index in [4.69, 9.17) is 4.74 Å². The number of carbonyl (C=O) groups is 1. The zero-order valence-electron chi connectivity index (χ0n) is 20.3. The van der Waals surface area contributed by atoms with Crippen LogP contribution in [0, 0.1) is 5.92 Å². The van der Waals surface area contributed by atoms with Crippen molar-refractivity contribution in [3.63, 3.8) is 0 Å². The highest BCUT2D eigenvalue weighted by Gasteiger charge is 2.32. The summed E-state index contributed by atoms with van der Waals surface area (Å²) >= 11 is 0. The molecule has 2 aromatic rings. The van der Waals surface area contributed by atoms with Crippen LogP contribution in [0.25, 0.3) is 11.1 Å². The van der Waals surface area contributed by atoms with Crippen molar-refractivity contribution in [1.29, 1.82) is 0 Å². The summed E-state index contributed by atoms with van der Waals surface area (Å²) in [5.41, 5.74) is 3.41. The van der Waals surface area contributed by atoms with Crippen LogP contribution in [0.3, 0.4) is 0 Å². The highest BCUT2D eigenvalue weighted by Crippen LogP contribution is 2.27. The molecule has 2 fully saturated rings. The lowest BCUT2D eigenvalue weighted by Gasteiger charge is -2.30. The van der Waals surface area contributed by atoms with Gasteiger partial charge in [-0.05, 0) is 81.3 Å². The molecule has 34 heavy (non-hydrogen) atoms. The molecule has 1 atom stereocenters. The molecule has 0 radical (unpaired) electrons. The summed E-state index contributed by atoms with van der Waals surface area (Å²) in [5.74, 6) is -0.434. The average molecular weight is 485 g/mol. The number of likely N-dealkylation sites (tertiary alicyclic amines) is 1. The number of hydrogen-bond acceptors (Lipinski definition) is 5. The quantitative estimate of drug-likeness (QED) is 0.522. The lowest BCUT2D eigenvalue weighted by atomic mass is 9.98. The van der Waals surface area contributed by atoms with E-state index in [0.29, 0.717) is 43.5 Å². The molecule has 6 nitrogen and oxygen atoms in total. The van der Waals surface area contributed by atoms with Gasteiger partial charge in [-0.15, -0.1) is 0 Å². The molecular weight excluding hydrogens is 448 g/mol. The zero-order chi connectivity index (χ0) is 24.1. The first-order valence-corrected chi connectivity index (χ1v) is 13.9. The van der Waals surface area contributed by atoms with E-state index >= 15 is 0 Å². The minimum atomic E-state index is -3.57. The predicted octanol–water partition coefficient (Wildman–Crippen LogP) is 4.34. The van der Waals surface area contributed by atoms with Crippen LogP contribution in [-0.4, -0.2) is 62.4 Å². The maximum Gasteiger partial charge on any atom is 0.309 e. The van der Waals surface area contributed by atoms with Gasteiger partial charge in [-0.25, -0.2) is 8.42 Å². The van der Waals surface area contributed by atoms with Crippen molar-refractivity contribution in [1.82, 2.24) is 9.21 Å². The van der Waals surface area contributed by atoms with Crippen molar-refractivity contribution in [3.8, 4) is 11.1 Å². The van der Waals surface area contributed by atoms with Gasteiger partial charge in [0.15, 0.2) is 0 Å². The average Bonchev–Trinajstić information content (AvgIpc) is 3.28. The Morgan fingerprint density at radius 3 is 2.12 bits per heavy atom. The number of rotatable bonds is 8. The van der Waals surface area contributed by atoms with Crippen LogP contribution in [0.2, 0.25) is 0 Å². The Labute approximate surface area is 204 Å². The van der Waals surface area contributed by atoms with E-state index in [0.717, 1.165) is 24.1 Å². The number of piperidine rings is 1. The van der Waals surface area contributed by atoms with Gasteiger partial charge in [-0.2, -0.15) is 4.31 Å². The number of sulfonamides is 1. The first kappa shape index (κ1) is 24.9. The Morgan fingerprint density at radius 1 is 0.941 bits per heavy atom. The van der Waals surface area contributed by atoms with E-state index in [9.17, 15) is 13.2 Å². The molecule has 184 valence electrons. The van der Waals surface area contributed by atoms with Gasteiger partial charge in [-0.3, -0.25) is 4.79 Å². The highest BCUT2D eigenvalue weighted by atomic mass is 32.2. The minimum absolute atomic E-state index is 0.213. The normalized spacial score (nSPS) is 20.5. The van der Waals surface area contributed by atoms with Crippen LogP contribution in [0.5, 0.6) is 0 Å². The summed E-state index contributed by atoms with van der Waals surface area (Å²) < 4.78 is 32.7. The van der Waals surface area contributed by atoms with Crippen molar-refractivity contribution in [2.75, 3.05) is 32.8 Å². The molecular formula is C27H36N2O4S. The standard InChI is InChI=1S/C27H36N2O4S/c1-3-33-27(30)25-15-19-29(20-16-25)34(31,32)26-12-10-24(11-13-26)23-8-6-22(7-9-23)14-18-28-17-4-5-21(28)2/h6-13,21,25H,3-5,14-20H2,1-2H3. The molecule has 2 aromatic carbocycles. The van der Waals surface area contributed by atoms with Gasteiger partial charge >= 0.3 is 5.97 Å². The van der Waals surface area contributed by atoms with Gasteiger partial charge in [0.2, 0.25) is 10.0 Å². The molecule has 0 saturated carbocycles. The Bertz CT molecular complexity index is 1060. The molecule has 2 aliphatic rings. The Morgan fingerprint density at radius 2 is 1.56 bits per heavy atom. The van der Waals surface area contributed by atoms with Crippen LogP contribution in [0.1, 0.15) is 45.1 Å². The number of carbonyl (C=O) groups excluding carboxylic acids is 1. The molecule has 0 aromatic heterocycles. The van der Waals surface area contributed by atoms with Crippen molar-refractivity contribution < 1.29 is 17.9 Å². The van der Waals surface area contributed by atoms with E-state index < -0.39 is 10.0 Å². The monoisotopic (exact) mass is 484 g/mol. The lowest BCUT2D eigenvalue weighted by Crippen LogP contribution is -2.40. The third kappa shape index (κ3) is 5.70. The molecule has 4 rings (SSSR count). The summed E-state index contributed by atoms with van der Waals surface area (Å²) in [6.07, 6.45) is 4.65. The third-order valence-corrected chi connectivity index (χ3v) is 9.14. The number of ether oxygens (including phenoxy) is 1. The maximum atomic E-state index is 13.1. The molecule has 0 bridgehead atoms. The van der Waals surface area contributed by atoms with Gasteiger partial charge in [0.05, 0.1) is 17.4 Å². The fourth-order valence-corrected chi connectivity index (χ4v) is 6.49. The van der Waals surface area contributed by atoms with E-state index in [-0.39, 0.29) is 11.9 Å². The van der Waals surface area contributed by atoms with Crippen LogP contribution < -0.4 is 0 Å². The largest absolute Gasteiger partial charge is 0.466 e. The fraction of sp³-hybridized carbons (Fsp3) is 0.519. The summed E-state index contributed by atoms with van der Waals surface area (Å²) in [6.45, 7) is 7.43. The van der Waals surface area contributed by atoms with Gasteiger partial charge < -0.3 is 9.64 Å². The van der Waals surface area contributed by atoms with Crippen molar-refractivity contribution in [2.45, 2.75) is 56.9 Å². The minimum Gasteiger partial charge on any atom is -0.466 e. The lowest BCUT2D eigenvalue weighted by molar-refractivity contribution is -0.149. The molecule has 0 amide bonds. The van der Waals surface area contributed by atoms with Crippen molar-refractivity contribution >= 4 is 16.0 Å². The Hall–Kier alpha value is -2.22. The topological polar surface area (TPSA) is 66.9 Å². The highest BCUT2D eigenvalue weighted by molar-refractivity contribution is 7.89. The molecule has 7 heteroatoms. The Balaban J connectivity index is 1.35. The van der Waals surface area contributed by atoms with E-state index in [1.807, 2.05) is 12.1 Å². The van der Waals surface area contributed by atoms with Gasteiger partial charge in [0.1, 0.15) is 0 Å². The summed E-state index contributed by atoms with van der Waals surface area (Å²) in [4.78, 5) is 14.8. The second kappa shape index (κ2) is 11.0. The zero-order valence-corrected chi connectivity index (χ0v) is 21.1. The molecule has 0 N–H and O–H groups in total. The smallest absolute Gasteiger partial charge is 0.309 e. The van der Waals surface area contributed by atoms with Gasteiger partial charge in [0, 0.05) is 25.7 Å². The molecule has 1 unspecified atom stereocenters. The molecule has 0 spiro atoms. The van der Waals surface area contributed by atoms with E-state index in [1.54, 1.807) is 19.1 Å². The van der Waals surface area contributed by atoms with Crippen molar-refractivity contribution in [2.24, 2.45) is 5.92 Å².